The lowest BCUT2D eigenvalue weighted by atomic mass is 9.90. The fraction of sp³-hybridized carbons (Fsp3) is 0.400. The number of nitrogens with zero attached hydrogens (tertiary/aromatic N) is 4. The number of carbonyl (C=O) groups is 1. The number of piperidine rings is 1. The van der Waals surface area contributed by atoms with Gasteiger partial charge in [0.25, 0.3) is 0 Å². The third-order valence-corrected chi connectivity index (χ3v) is 8.12. The van der Waals surface area contributed by atoms with E-state index in [4.69, 9.17) is 4.74 Å². The Balaban J connectivity index is 1.19. The van der Waals surface area contributed by atoms with Crippen LogP contribution in [-0.2, 0) is 17.5 Å². The summed E-state index contributed by atoms with van der Waals surface area (Å²) in [5.74, 6) is 0.904. The van der Waals surface area contributed by atoms with Crippen LogP contribution in [0, 0.1) is 0 Å². The molecule has 6 rings (SSSR count). The highest BCUT2D eigenvalue weighted by Gasteiger charge is 2.47. The Morgan fingerprint density at radius 2 is 1.67 bits per heavy atom. The number of alkyl halides is 3. The predicted molar refractivity (Wildman–Crippen MR) is 144 cm³/mol. The highest BCUT2D eigenvalue weighted by Crippen LogP contribution is 2.38. The van der Waals surface area contributed by atoms with Gasteiger partial charge in [0, 0.05) is 63.0 Å². The predicted octanol–water partition coefficient (Wildman–Crippen LogP) is 6.36. The van der Waals surface area contributed by atoms with Crippen molar-refractivity contribution >= 4 is 17.6 Å². The zero-order valence-electron chi connectivity index (χ0n) is 21.7. The van der Waals surface area contributed by atoms with Gasteiger partial charge in [-0.2, -0.15) is 13.2 Å². The molecule has 1 aromatic heterocycles. The number of likely N-dealkylation sites (tertiary alicyclic amines) is 1. The molecule has 6 nitrogen and oxygen atoms in total. The van der Waals surface area contributed by atoms with E-state index in [9.17, 15) is 18.0 Å². The number of hydrogen-bond acceptors (Lipinski definition) is 5. The minimum atomic E-state index is -4.42. The standard InChI is InChI=1S/C30H31F3N4O2/c31-30(32,33)24-9-10-26(22-8-11-27(34-19-22)36-14-4-5-15-36)23(18-24)20-35-16-12-29(13-17-35)21-37(28(38)39-29)25-6-2-1-3-7-25/h1-3,6-11,18-19H,4-5,12-17,20-21H2. The number of pyridine rings is 1. The van der Waals surface area contributed by atoms with Gasteiger partial charge < -0.3 is 9.64 Å². The maximum absolute atomic E-state index is 13.6. The van der Waals surface area contributed by atoms with Gasteiger partial charge in [0.15, 0.2) is 0 Å². The summed E-state index contributed by atoms with van der Waals surface area (Å²) in [6, 6.07) is 17.3. The number of ether oxygens (including phenoxy) is 1. The molecule has 3 aromatic rings. The Labute approximate surface area is 226 Å². The summed E-state index contributed by atoms with van der Waals surface area (Å²) < 4.78 is 46.8. The molecule has 0 unspecified atom stereocenters. The van der Waals surface area contributed by atoms with Crippen LogP contribution in [0.1, 0.15) is 36.8 Å². The molecule has 4 heterocycles. The number of hydrogen-bond donors (Lipinski definition) is 0. The first-order valence-electron chi connectivity index (χ1n) is 13.5. The minimum absolute atomic E-state index is 0.348. The summed E-state index contributed by atoms with van der Waals surface area (Å²) in [7, 11) is 0. The SMILES string of the molecule is O=C1OC2(CCN(Cc3cc(C(F)(F)F)ccc3-c3ccc(N4CCCC4)nc3)CC2)CN1c1ccccc1. The number of amides is 1. The quantitative estimate of drug-likeness (QED) is 0.380. The van der Waals surface area contributed by atoms with Crippen molar-refractivity contribution in [2.45, 2.75) is 44.0 Å². The zero-order chi connectivity index (χ0) is 27.0. The van der Waals surface area contributed by atoms with Crippen LogP contribution in [0.25, 0.3) is 11.1 Å². The lowest BCUT2D eigenvalue weighted by Gasteiger charge is -2.37. The molecule has 204 valence electrons. The highest BCUT2D eigenvalue weighted by atomic mass is 19.4. The second-order valence-corrected chi connectivity index (χ2v) is 10.7. The third kappa shape index (κ3) is 5.32. The van der Waals surface area contributed by atoms with Gasteiger partial charge in [-0.1, -0.05) is 24.3 Å². The van der Waals surface area contributed by atoms with E-state index in [2.05, 4.69) is 14.8 Å². The summed E-state index contributed by atoms with van der Waals surface area (Å²) >= 11 is 0. The van der Waals surface area contributed by atoms with E-state index < -0.39 is 17.3 Å². The zero-order valence-corrected chi connectivity index (χ0v) is 21.7. The van der Waals surface area contributed by atoms with Crippen LogP contribution in [0.3, 0.4) is 0 Å². The van der Waals surface area contributed by atoms with Gasteiger partial charge in [-0.3, -0.25) is 9.80 Å². The molecule has 0 saturated carbocycles. The number of halogens is 3. The minimum Gasteiger partial charge on any atom is -0.441 e. The lowest BCUT2D eigenvalue weighted by molar-refractivity contribution is -0.137. The summed E-state index contributed by atoms with van der Waals surface area (Å²) in [6.45, 7) is 4.06. The first-order chi connectivity index (χ1) is 18.8. The lowest BCUT2D eigenvalue weighted by Crippen LogP contribution is -2.46. The number of rotatable bonds is 5. The molecule has 0 aliphatic carbocycles. The van der Waals surface area contributed by atoms with Crippen molar-refractivity contribution in [3.63, 3.8) is 0 Å². The summed E-state index contributed by atoms with van der Waals surface area (Å²) in [4.78, 5) is 23.3. The van der Waals surface area contributed by atoms with Crippen molar-refractivity contribution in [1.82, 2.24) is 9.88 Å². The van der Waals surface area contributed by atoms with Crippen molar-refractivity contribution in [3.8, 4) is 11.1 Å². The molecule has 9 heteroatoms. The molecule has 1 amide bonds. The van der Waals surface area contributed by atoms with Crippen LogP contribution < -0.4 is 9.80 Å². The van der Waals surface area contributed by atoms with Crippen LogP contribution in [0.4, 0.5) is 29.5 Å². The molecule has 3 aliphatic rings. The van der Waals surface area contributed by atoms with E-state index in [0.717, 1.165) is 54.6 Å². The molecular formula is C30H31F3N4O2. The van der Waals surface area contributed by atoms with Gasteiger partial charge in [-0.15, -0.1) is 0 Å². The number of aromatic nitrogens is 1. The fourth-order valence-electron chi connectivity index (χ4n) is 5.91. The molecule has 0 atom stereocenters. The maximum Gasteiger partial charge on any atom is 0.416 e. The van der Waals surface area contributed by atoms with Gasteiger partial charge in [0.1, 0.15) is 11.4 Å². The van der Waals surface area contributed by atoms with Gasteiger partial charge in [-0.25, -0.2) is 9.78 Å². The molecule has 1 spiro atoms. The van der Waals surface area contributed by atoms with E-state index in [1.165, 1.54) is 6.07 Å². The number of benzene rings is 2. The number of para-hydroxylation sites is 1. The van der Waals surface area contributed by atoms with E-state index in [-0.39, 0.29) is 6.09 Å². The van der Waals surface area contributed by atoms with E-state index >= 15 is 0 Å². The average Bonchev–Trinajstić information content (AvgIpc) is 3.59. The summed E-state index contributed by atoms with van der Waals surface area (Å²) in [6.07, 6.45) is 0.544. The Bertz CT molecular complexity index is 1320. The Morgan fingerprint density at radius 1 is 0.923 bits per heavy atom. The molecular weight excluding hydrogens is 505 g/mol. The van der Waals surface area contributed by atoms with Gasteiger partial charge in [0.2, 0.25) is 0 Å². The number of carbonyl (C=O) groups excluding carboxylic acids is 1. The van der Waals surface area contributed by atoms with Crippen LogP contribution in [0.5, 0.6) is 0 Å². The van der Waals surface area contributed by atoms with Crippen molar-refractivity contribution < 1.29 is 22.7 Å². The maximum atomic E-state index is 13.6. The first-order valence-corrected chi connectivity index (χ1v) is 13.5. The molecule has 3 fully saturated rings. The molecule has 0 bridgehead atoms. The van der Waals surface area contributed by atoms with E-state index in [1.807, 2.05) is 42.5 Å². The third-order valence-electron chi connectivity index (χ3n) is 8.12. The topological polar surface area (TPSA) is 48.9 Å². The average molecular weight is 537 g/mol. The van der Waals surface area contributed by atoms with Crippen LogP contribution in [0.2, 0.25) is 0 Å². The van der Waals surface area contributed by atoms with Crippen molar-refractivity contribution in [2.24, 2.45) is 0 Å². The normalized spacial score (nSPS) is 19.6. The van der Waals surface area contributed by atoms with Gasteiger partial charge >= 0.3 is 12.3 Å². The Hall–Kier alpha value is -3.59. The van der Waals surface area contributed by atoms with Crippen molar-refractivity contribution in [3.05, 3.63) is 78.0 Å². The smallest absolute Gasteiger partial charge is 0.416 e. The van der Waals surface area contributed by atoms with Gasteiger partial charge in [0.05, 0.1) is 12.1 Å². The van der Waals surface area contributed by atoms with Crippen LogP contribution in [-0.4, -0.2) is 54.3 Å². The van der Waals surface area contributed by atoms with Crippen molar-refractivity contribution in [2.75, 3.05) is 42.5 Å². The molecule has 0 radical (unpaired) electrons. The second kappa shape index (κ2) is 10.2. The molecule has 39 heavy (non-hydrogen) atoms. The van der Waals surface area contributed by atoms with E-state index in [0.29, 0.717) is 44.6 Å². The summed E-state index contributed by atoms with van der Waals surface area (Å²) in [5, 5.41) is 0. The fourth-order valence-corrected chi connectivity index (χ4v) is 5.91. The summed E-state index contributed by atoms with van der Waals surface area (Å²) in [5.41, 5.74) is 1.75. The molecule has 3 aliphatic heterocycles. The number of anilines is 2. The Kier molecular flexibility index (Phi) is 6.71. The monoisotopic (exact) mass is 536 g/mol. The van der Waals surface area contributed by atoms with Crippen molar-refractivity contribution in [1.29, 1.82) is 0 Å². The Morgan fingerprint density at radius 3 is 2.33 bits per heavy atom. The van der Waals surface area contributed by atoms with Crippen LogP contribution >= 0.6 is 0 Å². The largest absolute Gasteiger partial charge is 0.441 e. The van der Waals surface area contributed by atoms with Crippen LogP contribution in [0.15, 0.2) is 66.9 Å². The first kappa shape index (κ1) is 25.7. The molecule has 3 saturated heterocycles. The van der Waals surface area contributed by atoms with E-state index in [1.54, 1.807) is 17.2 Å². The highest BCUT2D eigenvalue weighted by molar-refractivity contribution is 5.90. The molecule has 0 N–H and O–H groups in total. The molecule has 2 aromatic carbocycles. The second-order valence-electron chi connectivity index (χ2n) is 10.7. The van der Waals surface area contributed by atoms with Gasteiger partial charge in [-0.05, 0) is 60.4 Å².